The fourth-order valence-electron chi connectivity index (χ4n) is 3.37. The number of nitrogens with two attached hydrogens (primary N) is 1. The molecule has 0 fully saturated rings. The zero-order valence-electron chi connectivity index (χ0n) is 15.4. The van der Waals surface area contributed by atoms with Crippen molar-refractivity contribution in [2.45, 2.75) is 0 Å². The highest BCUT2D eigenvalue weighted by Gasteiger charge is 2.22. The predicted molar refractivity (Wildman–Crippen MR) is 121 cm³/mol. The van der Waals surface area contributed by atoms with Gasteiger partial charge in [-0.3, -0.25) is 13.9 Å². The van der Waals surface area contributed by atoms with E-state index in [9.17, 15) is 9.59 Å². The standard InChI is InChI=1S/C20H15BrCl2N4O2/c1-25-15-9-27(10-7-13(22)17(24)14(23)8-10)18(11-5-3-4-6-12(11)21)16(15)19(28)26(2)20(25)29/h3-9H,24H2,1-2H3. The van der Waals surface area contributed by atoms with Crippen molar-refractivity contribution in [1.82, 2.24) is 13.7 Å². The van der Waals surface area contributed by atoms with E-state index in [1.165, 1.54) is 11.6 Å². The van der Waals surface area contributed by atoms with E-state index in [-0.39, 0.29) is 11.2 Å². The molecular weight excluding hydrogens is 479 g/mol. The van der Waals surface area contributed by atoms with Crippen LogP contribution in [0.4, 0.5) is 5.69 Å². The molecule has 0 radical (unpaired) electrons. The van der Waals surface area contributed by atoms with Crippen molar-refractivity contribution < 1.29 is 0 Å². The first kappa shape index (κ1) is 19.8. The van der Waals surface area contributed by atoms with Gasteiger partial charge in [0.25, 0.3) is 5.56 Å². The molecule has 2 N–H and O–H groups in total. The smallest absolute Gasteiger partial charge is 0.330 e. The number of benzene rings is 2. The van der Waals surface area contributed by atoms with Crippen molar-refractivity contribution in [3.05, 3.63) is 78.0 Å². The number of nitrogen functional groups attached to an aromatic ring is 1. The van der Waals surface area contributed by atoms with Crippen LogP contribution in [0.1, 0.15) is 0 Å². The fourth-order valence-corrected chi connectivity index (χ4v) is 4.32. The van der Waals surface area contributed by atoms with Crippen LogP contribution >= 0.6 is 39.1 Å². The lowest BCUT2D eigenvalue weighted by Crippen LogP contribution is -2.36. The van der Waals surface area contributed by atoms with Crippen LogP contribution in [0.3, 0.4) is 0 Å². The minimum Gasteiger partial charge on any atom is -0.396 e. The maximum Gasteiger partial charge on any atom is 0.330 e. The first-order valence-corrected chi connectivity index (χ1v) is 10.1. The van der Waals surface area contributed by atoms with E-state index in [1.807, 2.05) is 24.3 Å². The lowest BCUT2D eigenvalue weighted by atomic mass is 10.1. The van der Waals surface area contributed by atoms with Gasteiger partial charge in [0.1, 0.15) is 0 Å². The third kappa shape index (κ3) is 3.01. The molecule has 148 valence electrons. The third-order valence-corrected chi connectivity index (χ3v) is 6.23. The quantitative estimate of drug-likeness (QED) is 0.422. The summed E-state index contributed by atoms with van der Waals surface area (Å²) in [4.78, 5) is 25.6. The van der Waals surface area contributed by atoms with Crippen LogP contribution in [0.5, 0.6) is 0 Å². The second-order valence-electron chi connectivity index (χ2n) is 6.62. The first-order chi connectivity index (χ1) is 13.7. The Balaban J connectivity index is 2.25. The minimum absolute atomic E-state index is 0.277. The molecule has 2 heterocycles. The number of aryl methyl sites for hydroxylation is 1. The van der Waals surface area contributed by atoms with Gasteiger partial charge in [0.2, 0.25) is 0 Å². The number of anilines is 1. The summed E-state index contributed by atoms with van der Waals surface area (Å²) in [6.07, 6.45) is 1.73. The topological polar surface area (TPSA) is 75.0 Å². The van der Waals surface area contributed by atoms with Gasteiger partial charge in [0.15, 0.2) is 0 Å². The van der Waals surface area contributed by atoms with Crippen LogP contribution in [0.15, 0.2) is 56.7 Å². The molecule has 0 saturated carbocycles. The van der Waals surface area contributed by atoms with Gasteiger partial charge >= 0.3 is 5.69 Å². The SMILES string of the molecule is Cn1c(=O)c2c(-c3ccccc3Br)n(-c3cc(Cl)c(N)c(Cl)c3)cc2n(C)c1=O. The first-order valence-electron chi connectivity index (χ1n) is 8.53. The largest absolute Gasteiger partial charge is 0.396 e. The molecular formula is C20H15BrCl2N4O2. The number of hydrogen-bond acceptors (Lipinski definition) is 3. The van der Waals surface area contributed by atoms with Gasteiger partial charge in [-0.1, -0.05) is 57.3 Å². The Bertz CT molecular complexity index is 1400. The summed E-state index contributed by atoms with van der Waals surface area (Å²) in [6, 6.07) is 10.9. The van der Waals surface area contributed by atoms with Crippen LogP contribution < -0.4 is 17.0 Å². The van der Waals surface area contributed by atoms with Crippen molar-refractivity contribution in [2.75, 3.05) is 5.73 Å². The summed E-state index contributed by atoms with van der Waals surface area (Å²) in [7, 11) is 3.09. The number of halogens is 3. The lowest BCUT2D eigenvalue weighted by molar-refractivity contribution is 0.714. The fraction of sp³-hybridized carbons (Fsp3) is 0.100. The van der Waals surface area contributed by atoms with Gasteiger partial charge in [0, 0.05) is 36.0 Å². The van der Waals surface area contributed by atoms with Gasteiger partial charge in [-0.2, -0.15) is 0 Å². The van der Waals surface area contributed by atoms with E-state index in [0.29, 0.717) is 32.3 Å². The lowest BCUT2D eigenvalue weighted by Gasteiger charge is -2.13. The van der Waals surface area contributed by atoms with E-state index in [0.717, 1.165) is 14.6 Å². The maximum absolute atomic E-state index is 13.1. The molecule has 0 unspecified atom stereocenters. The maximum atomic E-state index is 13.1. The molecule has 9 heteroatoms. The average molecular weight is 494 g/mol. The van der Waals surface area contributed by atoms with Gasteiger partial charge in [0.05, 0.1) is 32.3 Å². The van der Waals surface area contributed by atoms with E-state index in [2.05, 4.69) is 15.9 Å². The number of fused-ring (bicyclic) bond motifs is 1. The monoisotopic (exact) mass is 492 g/mol. The Morgan fingerprint density at radius 2 is 1.62 bits per heavy atom. The van der Waals surface area contributed by atoms with E-state index in [4.69, 9.17) is 28.9 Å². The molecule has 29 heavy (non-hydrogen) atoms. The Morgan fingerprint density at radius 1 is 1.00 bits per heavy atom. The van der Waals surface area contributed by atoms with Crippen LogP contribution in [-0.4, -0.2) is 13.7 Å². The molecule has 0 spiro atoms. The highest BCUT2D eigenvalue weighted by Crippen LogP contribution is 2.37. The van der Waals surface area contributed by atoms with Gasteiger partial charge in [-0.05, 0) is 18.2 Å². The molecule has 2 aromatic carbocycles. The number of aromatic nitrogens is 3. The molecule has 0 bridgehead atoms. The van der Waals surface area contributed by atoms with Gasteiger partial charge in [-0.15, -0.1) is 0 Å². The van der Waals surface area contributed by atoms with E-state index in [1.54, 1.807) is 29.9 Å². The summed E-state index contributed by atoms with van der Waals surface area (Å²) in [5.74, 6) is 0. The highest BCUT2D eigenvalue weighted by atomic mass is 79.9. The zero-order chi connectivity index (χ0) is 21.0. The van der Waals surface area contributed by atoms with Crippen molar-refractivity contribution in [3.63, 3.8) is 0 Å². The second kappa shape index (κ2) is 7.09. The number of nitrogens with zero attached hydrogens (tertiary/aromatic N) is 3. The molecule has 0 amide bonds. The molecule has 2 aromatic heterocycles. The Hall–Kier alpha value is -2.48. The van der Waals surface area contributed by atoms with Crippen molar-refractivity contribution >= 4 is 55.7 Å². The van der Waals surface area contributed by atoms with Crippen molar-refractivity contribution in [1.29, 1.82) is 0 Å². The van der Waals surface area contributed by atoms with Crippen molar-refractivity contribution in [3.8, 4) is 16.9 Å². The van der Waals surface area contributed by atoms with Crippen LogP contribution in [-0.2, 0) is 14.1 Å². The Labute approximate surface area is 183 Å². The van der Waals surface area contributed by atoms with Gasteiger partial charge in [-0.25, -0.2) is 4.79 Å². The summed E-state index contributed by atoms with van der Waals surface area (Å²) in [5.41, 5.74) is 7.87. The summed E-state index contributed by atoms with van der Waals surface area (Å²) >= 11 is 16.1. The molecule has 6 nitrogen and oxygen atoms in total. The molecule has 0 atom stereocenters. The van der Waals surface area contributed by atoms with E-state index >= 15 is 0 Å². The zero-order valence-corrected chi connectivity index (χ0v) is 18.5. The number of hydrogen-bond donors (Lipinski definition) is 1. The summed E-state index contributed by atoms with van der Waals surface area (Å²) in [5, 5.41) is 1.00. The molecule has 0 aliphatic carbocycles. The Morgan fingerprint density at radius 3 is 2.24 bits per heavy atom. The van der Waals surface area contributed by atoms with Gasteiger partial charge < -0.3 is 10.3 Å². The van der Waals surface area contributed by atoms with Crippen LogP contribution in [0, 0.1) is 0 Å². The van der Waals surface area contributed by atoms with Crippen LogP contribution in [0.25, 0.3) is 27.8 Å². The normalized spacial score (nSPS) is 11.3. The molecule has 0 aliphatic heterocycles. The molecule has 0 aliphatic rings. The third-order valence-electron chi connectivity index (χ3n) is 4.91. The van der Waals surface area contributed by atoms with E-state index < -0.39 is 5.69 Å². The van der Waals surface area contributed by atoms with Crippen molar-refractivity contribution in [2.24, 2.45) is 14.1 Å². The summed E-state index contributed by atoms with van der Waals surface area (Å²) < 4.78 is 5.12. The highest BCUT2D eigenvalue weighted by molar-refractivity contribution is 9.10. The number of rotatable bonds is 2. The molecule has 4 aromatic rings. The second-order valence-corrected chi connectivity index (χ2v) is 8.29. The predicted octanol–water partition coefficient (Wildman–Crippen LogP) is 4.35. The Kier molecular flexibility index (Phi) is 4.85. The molecule has 0 saturated heterocycles. The minimum atomic E-state index is -0.410. The van der Waals surface area contributed by atoms with Crippen LogP contribution in [0.2, 0.25) is 10.0 Å². The summed E-state index contributed by atoms with van der Waals surface area (Å²) in [6.45, 7) is 0. The molecule has 4 rings (SSSR count). The average Bonchev–Trinajstić information content (AvgIpc) is 3.09.